The van der Waals surface area contributed by atoms with Gasteiger partial charge in [0, 0.05) is 16.7 Å². The number of sulfone groups is 1. The average molecular weight is 527 g/mol. The second-order valence-corrected chi connectivity index (χ2v) is 11.4. The van der Waals surface area contributed by atoms with Gasteiger partial charge in [-0.15, -0.1) is 0 Å². The Morgan fingerprint density at radius 3 is 2.32 bits per heavy atom. The molecule has 9 heteroatoms. The molecule has 1 atom stereocenters. The summed E-state index contributed by atoms with van der Waals surface area (Å²) in [6.07, 6.45) is 1.59. The van der Waals surface area contributed by atoms with E-state index in [4.69, 9.17) is 4.42 Å². The maximum absolute atomic E-state index is 13.8. The summed E-state index contributed by atoms with van der Waals surface area (Å²) in [7, 11) is -3.40. The summed E-state index contributed by atoms with van der Waals surface area (Å²) in [5.41, 5.74) is 1.78. The SMILES string of the molecule is CC(=O)c1ccc(-c2ccc(/C=C3\C(=O)N([C@H]4CCS(=O)(=O)C4)C(=O)C(C#N)=C3c3ccccc3)o2)cc1. The predicted molar refractivity (Wildman–Crippen MR) is 140 cm³/mol. The molecule has 3 heterocycles. The zero-order chi connectivity index (χ0) is 27.0. The van der Waals surface area contributed by atoms with E-state index in [2.05, 4.69) is 0 Å². The smallest absolute Gasteiger partial charge is 0.272 e. The van der Waals surface area contributed by atoms with Crippen LogP contribution < -0.4 is 0 Å². The van der Waals surface area contributed by atoms with Crippen molar-refractivity contribution in [1.82, 2.24) is 4.90 Å². The van der Waals surface area contributed by atoms with E-state index in [1.807, 2.05) is 6.07 Å². The number of rotatable bonds is 5. The van der Waals surface area contributed by atoms with Gasteiger partial charge in [0.25, 0.3) is 11.8 Å². The topological polar surface area (TPSA) is 126 Å². The number of imide groups is 1. The second-order valence-electron chi connectivity index (χ2n) is 9.16. The molecule has 0 bridgehead atoms. The van der Waals surface area contributed by atoms with E-state index in [0.717, 1.165) is 10.5 Å². The molecule has 2 aromatic carbocycles. The molecule has 0 saturated carbocycles. The van der Waals surface area contributed by atoms with Gasteiger partial charge < -0.3 is 4.42 Å². The first-order chi connectivity index (χ1) is 18.2. The molecule has 1 fully saturated rings. The van der Waals surface area contributed by atoms with Gasteiger partial charge in [0.05, 0.1) is 23.1 Å². The van der Waals surface area contributed by atoms with Crippen LogP contribution in [0.2, 0.25) is 0 Å². The van der Waals surface area contributed by atoms with Crippen LogP contribution in [0.5, 0.6) is 0 Å². The van der Waals surface area contributed by atoms with Crippen LogP contribution in [0.25, 0.3) is 23.0 Å². The number of ketones is 1. The maximum atomic E-state index is 13.8. The summed E-state index contributed by atoms with van der Waals surface area (Å²) in [4.78, 5) is 39.6. The molecule has 2 aliphatic heterocycles. The maximum Gasteiger partial charge on any atom is 0.272 e. The van der Waals surface area contributed by atoms with Crippen LogP contribution in [0, 0.1) is 11.3 Å². The van der Waals surface area contributed by atoms with E-state index >= 15 is 0 Å². The van der Waals surface area contributed by atoms with Crippen LogP contribution in [0.1, 0.15) is 35.0 Å². The van der Waals surface area contributed by atoms with Crippen molar-refractivity contribution in [2.45, 2.75) is 19.4 Å². The van der Waals surface area contributed by atoms with Gasteiger partial charge in [0.15, 0.2) is 15.6 Å². The molecule has 0 unspecified atom stereocenters. The van der Waals surface area contributed by atoms with Crippen molar-refractivity contribution in [3.63, 3.8) is 0 Å². The van der Waals surface area contributed by atoms with Crippen LogP contribution in [-0.2, 0) is 19.4 Å². The number of furan rings is 1. The molecule has 190 valence electrons. The Balaban J connectivity index is 1.62. The molecule has 8 nitrogen and oxygen atoms in total. The highest BCUT2D eigenvalue weighted by molar-refractivity contribution is 7.91. The fourth-order valence-corrected chi connectivity index (χ4v) is 6.44. The monoisotopic (exact) mass is 526 g/mol. The van der Waals surface area contributed by atoms with Crippen molar-refractivity contribution in [2.75, 3.05) is 11.5 Å². The van der Waals surface area contributed by atoms with E-state index in [9.17, 15) is 28.1 Å². The lowest BCUT2D eigenvalue weighted by atomic mass is 9.87. The summed E-state index contributed by atoms with van der Waals surface area (Å²) in [5.74, 6) is -1.21. The average Bonchev–Trinajstić information content (AvgIpc) is 3.52. The lowest BCUT2D eigenvalue weighted by Gasteiger charge is -2.32. The Kier molecular flexibility index (Phi) is 6.43. The zero-order valence-electron chi connectivity index (χ0n) is 20.4. The van der Waals surface area contributed by atoms with E-state index in [1.165, 1.54) is 13.0 Å². The first kappa shape index (κ1) is 25.1. The Morgan fingerprint density at radius 1 is 1.00 bits per heavy atom. The molecule has 0 aliphatic carbocycles. The first-order valence-corrected chi connectivity index (χ1v) is 13.7. The van der Waals surface area contributed by atoms with Gasteiger partial charge in [0.1, 0.15) is 23.2 Å². The van der Waals surface area contributed by atoms with Crippen LogP contribution in [-0.4, -0.2) is 48.5 Å². The van der Waals surface area contributed by atoms with Gasteiger partial charge in [-0.1, -0.05) is 54.6 Å². The summed E-state index contributed by atoms with van der Waals surface area (Å²) in [6, 6.07) is 20.0. The van der Waals surface area contributed by atoms with E-state index in [-0.39, 0.29) is 40.4 Å². The third-order valence-corrected chi connectivity index (χ3v) is 8.39. The Hall–Kier alpha value is -4.55. The Labute approximate surface area is 219 Å². The van der Waals surface area contributed by atoms with Crippen LogP contribution in [0.15, 0.2) is 82.3 Å². The molecule has 0 spiro atoms. The van der Waals surface area contributed by atoms with Gasteiger partial charge in [0.2, 0.25) is 0 Å². The molecule has 3 aromatic rings. The highest BCUT2D eigenvalue weighted by Gasteiger charge is 2.45. The molecule has 2 aliphatic rings. The molecular formula is C29H22N2O6S. The lowest BCUT2D eigenvalue weighted by molar-refractivity contribution is -0.142. The number of hydrogen-bond acceptors (Lipinski definition) is 7. The lowest BCUT2D eigenvalue weighted by Crippen LogP contribution is -2.49. The fourth-order valence-electron chi connectivity index (χ4n) is 4.74. The quantitative estimate of drug-likeness (QED) is 0.279. The third-order valence-electron chi connectivity index (χ3n) is 6.64. The molecule has 1 aromatic heterocycles. The highest BCUT2D eigenvalue weighted by Crippen LogP contribution is 2.37. The van der Waals surface area contributed by atoms with Crippen molar-refractivity contribution < 1.29 is 27.2 Å². The largest absolute Gasteiger partial charge is 0.457 e. The van der Waals surface area contributed by atoms with Crippen molar-refractivity contribution in [1.29, 1.82) is 5.26 Å². The minimum absolute atomic E-state index is 0.0556. The summed E-state index contributed by atoms with van der Waals surface area (Å²) < 4.78 is 30.2. The number of amides is 2. The number of carbonyl (C=O) groups excluding carboxylic acids is 3. The first-order valence-electron chi connectivity index (χ1n) is 11.9. The normalized spacial score (nSPS) is 20.2. The Bertz CT molecular complexity index is 1670. The Morgan fingerprint density at radius 2 is 1.71 bits per heavy atom. The fraction of sp³-hybridized carbons (Fsp3) is 0.172. The van der Waals surface area contributed by atoms with Crippen LogP contribution in [0.3, 0.4) is 0 Å². The zero-order valence-corrected chi connectivity index (χ0v) is 21.2. The number of nitriles is 1. The van der Waals surface area contributed by atoms with Crippen LogP contribution >= 0.6 is 0 Å². The number of carbonyl (C=O) groups is 3. The van der Waals surface area contributed by atoms with Gasteiger partial charge in [-0.2, -0.15) is 5.26 Å². The highest BCUT2D eigenvalue weighted by atomic mass is 32.2. The molecule has 2 amide bonds. The predicted octanol–water partition coefficient (Wildman–Crippen LogP) is 4.07. The van der Waals surface area contributed by atoms with E-state index < -0.39 is 27.7 Å². The molecule has 5 rings (SSSR count). The summed E-state index contributed by atoms with van der Waals surface area (Å²) in [5, 5.41) is 9.98. The number of hydrogen-bond donors (Lipinski definition) is 0. The van der Waals surface area contributed by atoms with E-state index in [1.54, 1.807) is 66.7 Å². The van der Waals surface area contributed by atoms with Crippen molar-refractivity contribution >= 4 is 39.1 Å². The minimum atomic E-state index is -3.40. The van der Waals surface area contributed by atoms with Crippen molar-refractivity contribution in [3.05, 3.63) is 94.8 Å². The third kappa shape index (κ3) is 4.62. The second kappa shape index (κ2) is 9.72. The molecule has 38 heavy (non-hydrogen) atoms. The van der Waals surface area contributed by atoms with Crippen molar-refractivity contribution in [3.8, 4) is 17.4 Å². The van der Waals surface area contributed by atoms with Crippen LogP contribution in [0.4, 0.5) is 0 Å². The molecule has 0 radical (unpaired) electrons. The van der Waals surface area contributed by atoms with E-state index in [0.29, 0.717) is 22.6 Å². The van der Waals surface area contributed by atoms with Gasteiger partial charge in [-0.05, 0) is 37.1 Å². The standard InChI is InChI=1S/C29H22N2O6S/c1-18(32)19-7-9-20(10-8-19)26-12-11-23(37-26)15-24-27(21-5-3-2-4-6-21)25(16-30)29(34)31(28(24)33)22-13-14-38(35,36)17-22/h2-12,15,22H,13-14,17H2,1H3/b24-15-/t22-/m0/s1. The summed E-state index contributed by atoms with van der Waals surface area (Å²) >= 11 is 0. The molecule has 0 N–H and O–H groups in total. The minimum Gasteiger partial charge on any atom is -0.457 e. The number of benzene rings is 2. The van der Waals surface area contributed by atoms with Gasteiger partial charge >= 0.3 is 0 Å². The van der Waals surface area contributed by atoms with Crippen molar-refractivity contribution in [2.24, 2.45) is 0 Å². The molecular weight excluding hydrogens is 504 g/mol. The summed E-state index contributed by atoms with van der Waals surface area (Å²) in [6.45, 7) is 1.48. The van der Waals surface area contributed by atoms with Gasteiger partial charge in [-0.25, -0.2) is 8.42 Å². The molecule has 1 saturated heterocycles. The number of Topliss-reactive ketones (excluding diaryl/α,β-unsaturated/α-hetero) is 1. The van der Waals surface area contributed by atoms with Gasteiger partial charge in [-0.3, -0.25) is 19.3 Å². The number of nitrogens with zero attached hydrogens (tertiary/aromatic N) is 2.